The van der Waals surface area contributed by atoms with E-state index in [-0.39, 0.29) is 0 Å². The minimum Gasteiger partial charge on any atom is -0.456 e. The molecule has 0 aliphatic heterocycles. The predicted octanol–water partition coefficient (Wildman–Crippen LogP) is 16.3. The normalized spacial score (nSPS) is 11.7. The number of furan rings is 2. The zero-order chi connectivity index (χ0) is 38.9. The molecule has 0 bridgehead atoms. The van der Waals surface area contributed by atoms with E-state index in [0.717, 1.165) is 83.2 Å². The molecule has 3 nitrogen and oxygen atoms in total. The van der Waals surface area contributed by atoms with Crippen LogP contribution in [0.2, 0.25) is 0 Å². The van der Waals surface area contributed by atoms with E-state index < -0.39 is 0 Å². The molecule has 0 spiro atoms. The first-order chi connectivity index (χ1) is 29.3. The third-order valence-electron chi connectivity index (χ3n) is 11.9. The molecule has 0 saturated heterocycles. The van der Waals surface area contributed by atoms with Crippen LogP contribution in [0.5, 0.6) is 0 Å². The monoisotopic (exact) mass is 753 g/mol. The van der Waals surface area contributed by atoms with E-state index in [1.807, 2.05) is 18.2 Å². The second-order valence-corrected chi connectivity index (χ2v) is 15.2. The maximum atomic E-state index is 7.20. The highest BCUT2D eigenvalue weighted by Crippen LogP contribution is 2.51. The second-order valence-electron chi connectivity index (χ2n) is 15.2. The van der Waals surface area contributed by atoms with Crippen molar-refractivity contribution in [3.63, 3.8) is 0 Å². The Kier molecular flexibility index (Phi) is 7.54. The average molecular weight is 754 g/mol. The number of anilines is 3. The maximum Gasteiger partial charge on any atom is 0.160 e. The highest BCUT2D eigenvalue weighted by Gasteiger charge is 2.27. The molecule has 2 heterocycles. The number of rotatable bonds is 6. The van der Waals surface area contributed by atoms with Crippen LogP contribution >= 0.6 is 0 Å². The first-order valence-electron chi connectivity index (χ1n) is 20.1. The second kappa shape index (κ2) is 13.4. The zero-order valence-corrected chi connectivity index (χ0v) is 32.0. The number of para-hydroxylation sites is 1. The van der Waals surface area contributed by atoms with Gasteiger partial charge in [0.1, 0.15) is 16.7 Å². The summed E-state index contributed by atoms with van der Waals surface area (Å²) in [7, 11) is 0. The molecule has 0 aliphatic carbocycles. The summed E-state index contributed by atoms with van der Waals surface area (Å²) in [6.07, 6.45) is 0. The summed E-state index contributed by atoms with van der Waals surface area (Å²) < 4.78 is 13.6. The standard InChI is InChI=1S/C56H35NO2/c1-3-13-36(14-4-1)38-23-27-41(28-24-38)57(42-29-25-39(26-30-42)37-15-5-2-6-16-37)55-46(49-35-40-17-7-8-18-43(40)44-19-9-10-20-45(44)49)31-32-48-54-52(59-56(48)55)34-33-51-53(54)47-21-11-12-22-50(47)58-51/h1-35H. The molecule has 0 unspecified atom stereocenters. The summed E-state index contributed by atoms with van der Waals surface area (Å²) in [5, 5.41) is 9.06. The summed E-state index contributed by atoms with van der Waals surface area (Å²) >= 11 is 0. The Morgan fingerprint density at radius 2 is 0.814 bits per heavy atom. The van der Waals surface area contributed by atoms with Crippen LogP contribution in [-0.4, -0.2) is 0 Å². The molecule has 0 amide bonds. The number of benzene rings is 10. The Labute approximate surface area is 340 Å². The molecule has 3 heteroatoms. The van der Waals surface area contributed by atoms with Gasteiger partial charge in [-0.2, -0.15) is 0 Å². The molecule has 10 aromatic carbocycles. The fourth-order valence-electron chi connectivity index (χ4n) is 9.12. The third-order valence-corrected chi connectivity index (χ3v) is 11.9. The molecule has 12 aromatic rings. The lowest BCUT2D eigenvalue weighted by atomic mass is 9.91. The van der Waals surface area contributed by atoms with Gasteiger partial charge in [-0.25, -0.2) is 0 Å². The summed E-state index contributed by atoms with van der Waals surface area (Å²) in [5.41, 5.74) is 13.2. The molecule has 0 atom stereocenters. The van der Waals surface area contributed by atoms with Crippen molar-refractivity contribution in [2.45, 2.75) is 0 Å². The lowest BCUT2D eigenvalue weighted by Crippen LogP contribution is -2.12. The van der Waals surface area contributed by atoms with Crippen molar-refractivity contribution in [3.8, 4) is 33.4 Å². The van der Waals surface area contributed by atoms with Crippen molar-refractivity contribution in [1.29, 1.82) is 0 Å². The molecular formula is C56H35NO2. The molecule has 0 radical (unpaired) electrons. The summed E-state index contributed by atoms with van der Waals surface area (Å²) in [6, 6.07) is 75.7. The lowest BCUT2D eigenvalue weighted by Gasteiger charge is -2.29. The number of nitrogens with zero attached hydrogens (tertiary/aromatic N) is 1. The Morgan fingerprint density at radius 3 is 1.47 bits per heavy atom. The van der Waals surface area contributed by atoms with Gasteiger partial charge in [-0.1, -0.05) is 158 Å². The smallest absolute Gasteiger partial charge is 0.160 e. The fraction of sp³-hybridized carbons (Fsp3) is 0. The van der Waals surface area contributed by atoms with Gasteiger partial charge in [0.2, 0.25) is 0 Å². The van der Waals surface area contributed by atoms with Gasteiger partial charge in [-0.15, -0.1) is 0 Å². The SMILES string of the molecule is c1ccc(-c2ccc(N(c3ccc(-c4ccccc4)cc3)c3c(-c4cc5ccccc5c5ccccc45)ccc4c3oc3ccc5oc6ccccc6c5c34)cc2)cc1. The van der Waals surface area contributed by atoms with E-state index in [4.69, 9.17) is 8.83 Å². The van der Waals surface area contributed by atoms with Gasteiger partial charge >= 0.3 is 0 Å². The van der Waals surface area contributed by atoms with Crippen LogP contribution in [-0.2, 0) is 0 Å². The Balaban J connectivity index is 1.20. The Morgan fingerprint density at radius 1 is 0.305 bits per heavy atom. The highest BCUT2D eigenvalue weighted by atomic mass is 16.3. The van der Waals surface area contributed by atoms with Crippen molar-refractivity contribution in [2.24, 2.45) is 0 Å². The highest BCUT2D eigenvalue weighted by molar-refractivity contribution is 6.28. The fourth-order valence-corrected chi connectivity index (χ4v) is 9.12. The topological polar surface area (TPSA) is 29.5 Å². The van der Waals surface area contributed by atoms with Crippen LogP contribution in [0.3, 0.4) is 0 Å². The van der Waals surface area contributed by atoms with Crippen LogP contribution in [0.1, 0.15) is 0 Å². The molecule has 0 aliphatic rings. The molecule has 0 fully saturated rings. The van der Waals surface area contributed by atoms with Gasteiger partial charge in [0.15, 0.2) is 5.58 Å². The molecule has 0 saturated carbocycles. The van der Waals surface area contributed by atoms with E-state index in [9.17, 15) is 0 Å². The maximum absolute atomic E-state index is 7.20. The van der Waals surface area contributed by atoms with E-state index >= 15 is 0 Å². The van der Waals surface area contributed by atoms with E-state index in [2.05, 4.69) is 199 Å². The van der Waals surface area contributed by atoms with Crippen molar-refractivity contribution in [3.05, 3.63) is 212 Å². The van der Waals surface area contributed by atoms with Gasteiger partial charge < -0.3 is 13.7 Å². The zero-order valence-electron chi connectivity index (χ0n) is 32.0. The van der Waals surface area contributed by atoms with Crippen LogP contribution in [0, 0.1) is 0 Å². The van der Waals surface area contributed by atoms with Gasteiger partial charge in [0.05, 0.1) is 5.69 Å². The van der Waals surface area contributed by atoms with Crippen molar-refractivity contribution >= 4 is 82.5 Å². The number of hydrogen-bond acceptors (Lipinski definition) is 3. The third kappa shape index (κ3) is 5.36. The minimum atomic E-state index is 0.812. The van der Waals surface area contributed by atoms with Crippen LogP contribution < -0.4 is 4.90 Å². The molecule has 59 heavy (non-hydrogen) atoms. The Bertz CT molecular complexity index is 3440. The Hall–Kier alpha value is -7.88. The van der Waals surface area contributed by atoms with Crippen LogP contribution in [0.4, 0.5) is 17.1 Å². The molecule has 276 valence electrons. The lowest BCUT2D eigenvalue weighted by molar-refractivity contribution is 0.663. The quantitative estimate of drug-likeness (QED) is 0.158. The van der Waals surface area contributed by atoms with Crippen molar-refractivity contribution in [1.82, 2.24) is 0 Å². The van der Waals surface area contributed by atoms with Gasteiger partial charge in [-0.3, -0.25) is 0 Å². The van der Waals surface area contributed by atoms with E-state index in [1.165, 1.54) is 32.7 Å². The van der Waals surface area contributed by atoms with Crippen molar-refractivity contribution < 1.29 is 8.83 Å². The van der Waals surface area contributed by atoms with E-state index in [0.29, 0.717) is 0 Å². The molecule has 12 rings (SSSR count). The summed E-state index contributed by atoms with van der Waals surface area (Å²) in [6.45, 7) is 0. The summed E-state index contributed by atoms with van der Waals surface area (Å²) in [5.74, 6) is 0. The minimum absolute atomic E-state index is 0.812. The molecular weight excluding hydrogens is 719 g/mol. The number of fused-ring (bicyclic) bond motifs is 10. The van der Waals surface area contributed by atoms with E-state index in [1.54, 1.807) is 0 Å². The van der Waals surface area contributed by atoms with Gasteiger partial charge in [0, 0.05) is 38.5 Å². The van der Waals surface area contributed by atoms with Crippen LogP contribution in [0.25, 0.3) is 98.8 Å². The summed E-state index contributed by atoms with van der Waals surface area (Å²) in [4.78, 5) is 2.39. The van der Waals surface area contributed by atoms with Gasteiger partial charge in [0.25, 0.3) is 0 Å². The molecule has 2 aromatic heterocycles. The largest absolute Gasteiger partial charge is 0.456 e. The predicted molar refractivity (Wildman–Crippen MR) is 247 cm³/mol. The first kappa shape index (κ1) is 33.3. The average Bonchev–Trinajstić information content (AvgIpc) is 3.88. The van der Waals surface area contributed by atoms with Gasteiger partial charge in [-0.05, 0) is 104 Å². The first-order valence-corrected chi connectivity index (χ1v) is 20.1. The molecule has 0 N–H and O–H groups in total. The number of hydrogen-bond donors (Lipinski definition) is 0. The van der Waals surface area contributed by atoms with Crippen LogP contribution in [0.15, 0.2) is 221 Å². The van der Waals surface area contributed by atoms with Crippen molar-refractivity contribution in [2.75, 3.05) is 4.90 Å².